The van der Waals surface area contributed by atoms with E-state index in [1.165, 1.54) is 0 Å². The van der Waals surface area contributed by atoms with Gasteiger partial charge in [-0.3, -0.25) is 10.1 Å². The number of amides is 3. The maximum Gasteiger partial charge on any atom is 0.338 e. The molecule has 0 aliphatic rings. The van der Waals surface area contributed by atoms with Crippen LogP contribution in [0.5, 0.6) is 0 Å². The third kappa shape index (κ3) is 5.27. The van der Waals surface area contributed by atoms with Gasteiger partial charge in [0.1, 0.15) is 5.52 Å². The highest BCUT2D eigenvalue weighted by atomic mass is 16.5. The number of ether oxygens (including phenoxy) is 1. The lowest BCUT2D eigenvalue weighted by molar-refractivity contribution is -0.123. The minimum Gasteiger partial charge on any atom is -0.452 e. The van der Waals surface area contributed by atoms with Crippen LogP contribution in [-0.2, 0) is 16.1 Å². The van der Waals surface area contributed by atoms with Crippen molar-refractivity contribution in [3.05, 3.63) is 23.8 Å². The van der Waals surface area contributed by atoms with Gasteiger partial charge in [0, 0.05) is 13.1 Å². The molecule has 1 aromatic heterocycles. The molecular weight excluding hydrogens is 338 g/mol. The van der Waals surface area contributed by atoms with E-state index in [1.807, 2.05) is 20.8 Å². The van der Waals surface area contributed by atoms with E-state index in [1.54, 1.807) is 22.9 Å². The Kier molecular flexibility index (Phi) is 6.65. The number of urea groups is 1. The van der Waals surface area contributed by atoms with Crippen LogP contribution >= 0.6 is 0 Å². The van der Waals surface area contributed by atoms with Crippen molar-refractivity contribution in [3.8, 4) is 0 Å². The molecule has 0 spiro atoms. The molecule has 140 valence electrons. The molecule has 2 aromatic rings. The molecule has 0 bridgehead atoms. The highest BCUT2D eigenvalue weighted by molar-refractivity contribution is 5.98. The van der Waals surface area contributed by atoms with Crippen molar-refractivity contribution in [1.29, 1.82) is 0 Å². The molecule has 3 amide bonds. The molecule has 0 aliphatic heterocycles. The molecular formula is C17H23N5O4. The van der Waals surface area contributed by atoms with E-state index in [-0.39, 0.29) is 5.56 Å². The van der Waals surface area contributed by atoms with Gasteiger partial charge in [-0.1, -0.05) is 19.1 Å². The number of carbonyl (C=O) groups excluding carboxylic acids is 3. The van der Waals surface area contributed by atoms with Gasteiger partial charge in [-0.25, -0.2) is 14.3 Å². The number of carbonyl (C=O) groups is 3. The van der Waals surface area contributed by atoms with Crippen molar-refractivity contribution in [2.75, 3.05) is 13.2 Å². The predicted molar refractivity (Wildman–Crippen MR) is 94.5 cm³/mol. The standard InChI is InChI=1S/C17H23N5O4/c1-4-22-14-6-5-12(9-13(14)20-21-22)16(24)26-10-15(23)19-17(25)18-8-7-11(2)3/h5-6,9,11H,4,7-8,10H2,1-3H3,(H2,18,19,23,25). The first kappa shape index (κ1) is 19.4. The molecule has 0 aliphatic carbocycles. The lowest BCUT2D eigenvalue weighted by Gasteiger charge is -2.08. The van der Waals surface area contributed by atoms with Gasteiger partial charge in [-0.05, 0) is 37.5 Å². The normalized spacial score (nSPS) is 10.8. The Morgan fingerprint density at radius 3 is 2.73 bits per heavy atom. The molecule has 0 fully saturated rings. The summed E-state index contributed by atoms with van der Waals surface area (Å²) in [5.41, 5.74) is 1.63. The number of imide groups is 1. The number of hydrogen-bond donors (Lipinski definition) is 2. The fourth-order valence-corrected chi connectivity index (χ4v) is 2.23. The summed E-state index contributed by atoms with van der Waals surface area (Å²) in [5.74, 6) is -0.921. The average molecular weight is 361 g/mol. The summed E-state index contributed by atoms with van der Waals surface area (Å²) in [5, 5.41) is 12.6. The van der Waals surface area contributed by atoms with Crippen LogP contribution in [0.3, 0.4) is 0 Å². The van der Waals surface area contributed by atoms with Crippen LogP contribution in [0.4, 0.5) is 4.79 Å². The summed E-state index contributed by atoms with van der Waals surface area (Å²) in [7, 11) is 0. The van der Waals surface area contributed by atoms with Crippen LogP contribution < -0.4 is 10.6 Å². The van der Waals surface area contributed by atoms with E-state index < -0.39 is 24.5 Å². The van der Waals surface area contributed by atoms with Gasteiger partial charge in [0.05, 0.1) is 11.1 Å². The SMILES string of the molecule is CCn1nnc2cc(C(=O)OCC(=O)NC(=O)NCCC(C)C)ccc21. The van der Waals surface area contributed by atoms with Crippen molar-refractivity contribution < 1.29 is 19.1 Å². The van der Waals surface area contributed by atoms with Crippen molar-refractivity contribution in [1.82, 2.24) is 25.6 Å². The topological polar surface area (TPSA) is 115 Å². The zero-order valence-electron chi connectivity index (χ0n) is 15.1. The molecule has 9 heteroatoms. The Hall–Kier alpha value is -2.97. The van der Waals surface area contributed by atoms with Gasteiger partial charge in [0.2, 0.25) is 0 Å². The molecule has 0 saturated heterocycles. The Morgan fingerprint density at radius 2 is 2.04 bits per heavy atom. The Balaban J connectivity index is 1.82. The quantitative estimate of drug-likeness (QED) is 0.722. The van der Waals surface area contributed by atoms with Crippen molar-refractivity contribution in [3.63, 3.8) is 0 Å². The summed E-state index contributed by atoms with van der Waals surface area (Å²) in [6.45, 7) is 6.59. The van der Waals surface area contributed by atoms with Gasteiger partial charge in [0.25, 0.3) is 5.91 Å². The first-order chi connectivity index (χ1) is 12.4. The summed E-state index contributed by atoms with van der Waals surface area (Å²) in [6, 6.07) is 4.24. The van der Waals surface area contributed by atoms with E-state index in [9.17, 15) is 14.4 Å². The molecule has 0 saturated carbocycles. The second-order valence-electron chi connectivity index (χ2n) is 6.17. The summed E-state index contributed by atoms with van der Waals surface area (Å²) < 4.78 is 6.63. The highest BCUT2D eigenvalue weighted by Gasteiger charge is 2.14. The summed E-state index contributed by atoms with van der Waals surface area (Å²) >= 11 is 0. The molecule has 0 atom stereocenters. The van der Waals surface area contributed by atoms with Crippen molar-refractivity contribution >= 4 is 28.9 Å². The highest BCUT2D eigenvalue weighted by Crippen LogP contribution is 2.14. The van der Waals surface area contributed by atoms with Gasteiger partial charge < -0.3 is 10.1 Å². The Morgan fingerprint density at radius 1 is 1.27 bits per heavy atom. The number of nitrogens with one attached hydrogen (secondary N) is 2. The minimum atomic E-state index is -0.696. The lowest BCUT2D eigenvalue weighted by atomic mass is 10.1. The summed E-state index contributed by atoms with van der Waals surface area (Å²) in [4.78, 5) is 35.2. The molecule has 26 heavy (non-hydrogen) atoms. The van der Waals surface area contributed by atoms with Crippen LogP contribution in [0.1, 0.15) is 37.6 Å². The number of benzene rings is 1. The fourth-order valence-electron chi connectivity index (χ4n) is 2.23. The first-order valence-electron chi connectivity index (χ1n) is 8.48. The molecule has 1 aromatic carbocycles. The fraction of sp³-hybridized carbons (Fsp3) is 0.471. The van der Waals surface area contributed by atoms with Crippen LogP contribution in [0.15, 0.2) is 18.2 Å². The number of aryl methyl sites for hydroxylation is 1. The maximum absolute atomic E-state index is 12.0. The smallest absolute Gasteiger partial charge is 0.338 e. The van der Waals surface area contributed by atoms with Crippen molar-refractivity contribution in [2.45, 2.75) is 33.7 Å². The van der Waals surface area contributed by atoms with E-state index in [2.05, 4.69) is 20.9 Å². The van der Waals surface area contributed by atoms with Crippen LogP contribution in [0, 0.1) is 5.92 Å². The van der Waals surface area contributed by atoms with Crippen LogP contribution in [0.2, 0.25) is 0 Å². The number of aromatic nitrogens is 3. The Labute approximate surface area is 151 Å². The number of esters is 1. The molecule has 1 heterocycles. The second-order valence-corrected chi connectivity index (χ2v) is 6.17. The molecule has 0 unspecified atom stereocenters. The summed E-state index contributed by atoms with van der Waals surface area (Å²) in [6.07, 6.45) is 0.807. The molecule has 0 radical (unpaired) electrons. The van der Waals surface area contributed by atoms with E-state index in [0.717, 1.165) is 11.9 Å². The Bertz CT molecular complexity index is 800. The van der Waals surface area contributed by atoms with Crippen LogP contribution in [0.25, 0.3) is 11.0 Å². The molecule has 2 N–H and O–H groups in total. The third-order valence-corrected chi connectivity index (χ3v) is 3.64. The lowest BCUT2D eigenvalue weighted by Crippen LogP contribution is -2.41. The molecule has 9 nitrogen and oxygen atoms in total. The number of rotatable bonds is 7. The first-order valence-corrected chi connectivity index (χ1v) is 8.48. The van der Waals surface area contributed by atoms with E-state index in [4.69, 9.17) is 4.74 Å². The monoisotopic (exact) mass is 361 g/mol. The molecule has 2 rings (SSSR count). The number of fused-ring (bicyclic) bond motifs is 1. The average Bonchev–Trinajstić information content (AvgIpc) is 3.01. The van der Waals surface area contributed by atoms with Crippen LogP contribution in [-0.4, -0.2) is 46.1 Å². The number of nitrogens with zero attached hydrogens (tertiary/aromatic N) is 3. The van der Waals surface area contributed by atoms with E-state index >= 15 is 0 Å². The zero-order chi connectivity index (χ0) is 19.1. The number of hydrogen-bond acceptors (Lipinski definition) is 6. The van der Waals surface area contributed by atoms with Gasteiger partial charge in [-0.15, -0.1) is 5.10 Å². The maximum atomic E-state index is 12.0. The van der Waals surface area contributed by atoms with E-state index in [0.29, 0.717) is 24.5 Å². The predicted octanol–water partition coefficient (Wildman–Crippen LogP) is 1.48. The van der Waals surface area contributed by atoms with Gasteiger partial charge >= 0.3 is 12.0 Å². The van der Waals surface area contributed by atoms with Crippen molar-refractivity contribution in [2.24, 2.45) is 5.92 Å². The minimum absolute atomic E-state index is 0.259. The zero-order valence-corrected chi connectivity index (χ0v) is 15.1. The third-order valence-electron chi connectivity index (χ3n) is 3.64. The largest absolute Gasteiger partial charge is 0.452 e. The van der Waals surface area contributed by atoms with Gasteiger partial charge in [-0.2, -0.15) is 0 Å². The second kappa shape index (κ2) is 8.93. The van der Waals surface area contributed by atoms with Gasteiger partial charge in [0.15, 0.2) is 6.61 Å².